The molecule has 0 aliphatic rings. The number of para-hydroxylation sites is 1. The maximum absolute atomic E-state index is 12.9. The van der Waals surface area contributed by atoms with Gasteiger partial charge in [-0.3, -0.25) is 0 Å². The lowest BCUT2D eigenvalue weighted by Crippen LogP contribution is -2.10. The van der Waals surface area contributed by atoms with Crippen molar-refractivity contribution in [2.45, 2.75) is 13.8 Å². The maximum Gasteiger partial charge on any atom is 0.344 e. The Hall–Kier alpha value is -3.46. The van der Waals surface area contributed by atoms with Crippen LogP contribution in [0.4, 0.5) is 0 Å². The number of ether oxygens (including phenoxy) is 1. The summed E-state index contributed by atoms with van der Waals surface area (Å²) in [6, 6.07) is 25.0. The molecule has 4 rings (SSSR count). The third kappa shape index (κ3) is 3.58. The number of aromatic nitrogens is 1. The van der Waals surface area contributed by atoms with Crippen molar-refractivity contribution in [2.75, 3.05) is 0 Å². The second kappa shape index (κ2) is 7.04. The monoisotopic (exact) mass is 353 g/mol. The Morgan fingerprint density at radius 1 is 0.815 bits per heavy atom. The molecule has 0 aliphatic carbocycles. The summed E-state index contributed by atoms with van der Waals surface area (Å²) in [6.07, 6.45) is 0. The molecule has 3 heteroatoms. The largest absolute Gasteiger partial charge is 0.423 e. The van der Waals surface area contributed by atoms with E-state index in [0.717, 1.165) is 27.7 Å². The van der Waals surface area contributed by atoms with Gasteiger partial charge in [-0.2, -0.15) is 0 Å². The van der Waals surface area contributed by atoms with Gasteiger partial charge in [0.05, 0.1) is 16.8 Å². The average molecular weight is 353 g/mol. The van der Waals surface area contributed by atoms with E-state index in [1.807, 2.05) is 86.6 Å². The van der Waals surface area contributed by atoms with E-state index in [-0.39, 0.29) is 5.97 Å². The van der Waals surface area contributed by atoms with Gasteiger partial charge in [0.25, 0.3) is 0 Å². The number of fused-ring (bicyclic) bond motifs is 1. The molecule has 1 heterocycles. The van der Waals surface area contributed by atoms with Crippen LogP contribution in [0.2, 0.25) is 0 Å². The molecule has 27 heavy (non-hydrogen) atoms. The first kappa shape index (κ1) is 17.0. The van der Waals surface area contributed by atoms with Crippen molar-refractivity contribution in [1.82, 2.24) is 4.98 Å². The molecule has 0 spiro atoms. The molecule has 0 aliphatic heterocycles. The Balaban J connectivity index is 1.80. The molecule has 3 nitrogen and oxygen atoms in total. The number of nitrogens with zero attached hydrogens (tertiary/aromatic N) is 1. The minimum Gasteiger partial charge on any atom is -0.423 e. The molecular weight excluding hydrogens is 334 g/mol. The topological polar surface area (TPSA) is 39.2 Å². The summed E-state index contributed by atoms with van der Waals surface area (Å²) in [5.41, 5.74) is 5.23. The molecule has 0 fully saturated rings. The number of carbonyl (C=O) groups excluding carboxylic acids is 1. The highest BCUT2D eigenvalue weighted by molar-refractivity contribution is 6.05. The fourth-order valence-corrected chi connectivity index (χ4v) is 3.06. The molecule has 132 valence electrons. The lowest BCUT2D eigenvalue weighted by Gasteiger charge is -2.10. The van der Waals surface area contributed by atoms with Crippen molar-refractivity contribution in [3.05, 3.63) is 95.6 Å². The van der Waals surface area contributed by atoms with Crippen LogP contribution in [-0.4, -0.2) is 11.0 Å². The molecule has 0 radical (unpaired) electrons. The highest BCUT2D eigenvalue weighted by Crippen LogP contribution is 2.26. The number of rotatable bonds is 3. The second-order valence-electron chi connectivity index (χ2n) is 6.64. The van der Waals surface area contributed by atoms with E-state index in [4.69, 9.17) is 9.72 Å². The number of hydrogen-bond donors (Lipinski definition) is 0. The summed E-state index contributed by atoms with van der Waals surface area (Å²) in [4.78, 5) is 17.7. The van der Waals surface area contributed by atoms with Crippen LogP contribution in [-0.2, 0) is 0 Å². The van der Waals surface area contributed by atoms with E-state index >= 15 is 0 Å². The van der Waals surface area contributed by atoms with Crippen LogP contribution in [0.5, 0.6) is 5.75 Å². The minimum atomic E-state index is -0.382. The SMILES string of the molecule is Cc1ccc(-c2cc(C(=O)Oc3cccc(C)c3)c3ccccc3n2)cc1. The number of carbonyl (C=O) groups is 1. The van der Waals surface area contributed by atoms with E-state index in [2.05, 4.69) is 0 Å². The van der Waals surface area contributed by atoms with Crippen molar-refractivity contribution in [3.8, 4) is 17.0 Å². The van der Waals surface area contributed by atoms with Gasteiger partial charge in [-0.15, -0.1) is 0 Å². The lowest BCUT2D eigenvalue weighted by molar-refractivity contribution is 0.0737. The van der Waals surface area contributed by atoms with E-state index in [0.29, 0.717) is 11.3 Å². The van der Waals surface area contributed by atoms with Crippen LogP contribution >= 0.6 is 0 Å². The minimum absolute atomic E-state index is 0.382. The Morgan fingerprint density at radius 3 is 2.37 bits per heavy atom. The van der Waals surface area contributed by atoms with E-state index in [1.165, 1.54) is 5.56 Å². The molecule has 0 unspecified atom stereocenters. The summed E-state index contributed by atoms with van der Waals surface area (Å²) in [6.45, 7) is 4.01. The summed E-state index contributed by atoms with van der Waals surface area (Å²) in [5, 5.41) is 0.783. The summed E-state index contributed by atoms with van der Waals surface area (Å²) < 4.78 is 5.63. The number of aryl methyl sites for hydroxylation is 2. The van der Waals surface area contributed by atoms with Gasteiger partial charge in [-0.1, -0.05) is 60.2 Å². The van der Waals surface area contributed by atoms with E-state index in [1.54, 1.807) is 6.07 Å². The van der Waals surface area contributed by atoms with Gasteiger partial charge in [0.15, 0.2) is 0 Å². The standard InChI is InChI=1S/C24H19NO2/c1-16-10-12-18(13-11-16)23-15-21(20-8-3-4-9-22(20)25-23)24(26)27-19-7-5-6-17(2)14-19/h3-15H,1-2H3. The molecule has 3 aromatic carbocycles. The lowest BCUT2D eigenvalue weighted by atomic mass is 10.0. The highest BCUT2D eigenvalue weighted by atomic mass is 16.5. The van der Waals surface area contributed by atoms with Gasteiger partial charge in [0.1, 0.15) is 5.75 Å². The normalized spacial score (nSPS) is 10.7. The van der Waals surface area contributed by atoms with Gasteiger partial charge in [-0.25, -0.2) is 9.78 Å². The van der Waals surface area contributed by atoms with E-state index < -0.39 is 0 Å². The number of esters is 1. The zero-order valence-electron chi connectivity index (χ0n) is 15.3. The smallest absolute Gasteiger partial charge is 0.344 e. The number of pyridine rings is 1. The van der Waals surface area contributed by atoms with Crippen molar-refractivity contribution in [2.24, 2.45) is 0 Å². The zero-order chi connectivity index (χ0) is 18.8. The molecule has 1 aromatic heterocycles. The van der Waals surface area contributed by atoms with Gasteiger partial charge < -0.3 is 4.74 Å². The first-order valence-corrected chi connectivity index (χ1v) is 8.86. The molecule has 0 saturated heterocycles. The Kier molecular flexibility index (Phi) is 4.43. The molecule has 0 N–H and O–H groups in total. The zero-order valence-corrected chi connectivity index (χ0v) is 15.3. The molecule has 4 aromatic rings. The molecular formula is C24H19NO2. The number of hydrogen-bond acceptors (Lipinski definition) is 3. The van der Waals surface area contributed by atoms with Gasteiger partial charge in [0, 0.05) is 10.9 Å². The third-order valence-electron chi connectivity index (χ3n) is 4.48. The summed E-state index contributed by atoms with van der Waals surface area (Å²) in [7, 11) is 0. The molecule has 0 atom stereocenters. The van der Waals surface area contributed by atoms with Crippen molar-refractivity contribution < 1.29 is 9.53 Å². The van der Waals surface area contributed by atoms with Crippen LogP contribution < -0.4 is 4.74 Å². The van der Waals surface area contributed by atoms with Crippen LogP contribution in [0.15, 0.2) is 78.9 Å². The predicted molar refractivity (Wildman–Crippen MR) is 108 cm³/mol. The van der Waals surface area contributed by atoms with Gasteiger partial charge in [0.2, 0.25) is 0 Å². The number of benzene rings is 3. The fraction of sp³-hybridized carbons (Fsp3) is 0.0833. The fourth-order valence-electron chi connectivity index (χ4n) is 3.06. The molecule has 0 amide bonds. The Labute approximate surface area is 158 Å². The van der Waals surface area contributed by atoms with E-state index in [9.17, 15) is 4.79 Å². The van der Waals surface area contributed by atoms with Crippen molar-refractivity contribution in [1.29, 1.82) is 0 Å². The first-order valence-electron chi connectivity index (χ1n) is 8.86. The van der Waals surface area contributed by atoms with Crippen LogP contribution in [0, 0.1) is 13.8 Å². The maximum atomic E-state index is 12.9. The first-order chi connectivity index (χ1) is 13.1. The Bertz CT molecular complexity index is 1130. The predicted octanol–water partition coefficient (Wildman–Crippen LogP) is 5.74. The van der Waals surface area contributed by atoms with Gasteiger partial charge in [-0.05, 0) is 43.7 Å². The quantitative estimate of drug-likeness (QED) is 0.348. The van der Waals surface area contributed by atoms with Crippen molar-refractivity contribution >= 4 is 16.9 Å². The van der Waals surface area contributed by atoms with Crippen LogP contribution in [0.1, 0.15) is 21.5 Å². The van der Waals surface area contributed by atoms with Crippen LogP contribution in [0.3, 0.4) is 0 Å². The third-order valence-corrected chi connectivity index (χ3v) is 4.48. The molecule has 0 saturated carbocycles. The summed E-state index contributed by atoms with van der Waals surface area (Å²) in [5.74, 6) is 0.158. The van der Waals surface area contributed by atoms with Gasteiger partial charge >= 0.3 is 5.97 Å². The summed E-state index contributed by atoms with van der Waals surface area (Å²) >= 11 is 0. The van der Waals surface area contributed by atoms with Crippen molar-refractivity contribution in [3.63, 3.8) is 0 Å². The molecule has 0 bridgehead atoms. The average Bonchev–Trinajstić information content (AvgIpc) is 2.67. The second-order valence-corrected chi connectivity index (χ2v) is 6.64. The highest BCUT2D eigenvalue weighted by Gasteiger charge is 2.16. The Morgan fingerprint density at radius 2 is 1.59 bits per heavy atom. The van der Waals surface area contributed by atoms with Crippen LogP contribution in [0.25, 0.3) is 22.2 Å².